The minimum absolute atomic E-state index is 0.0874. The fourth-order valence-corrected chi connectivity index (χ4v) is 2.50. The predicted molar refractivity (Wildman–Crippen MR) is 85.6 cm³/mol. The topological polar surface area (TPSA) is 55.1 Å². The largest absolute Gasteiger partial charge is 0.396 e. The SMILES string of the molecule is Nc1cc(C(=O)Nc2ccc(Cl)c(Br)c2)c(Br)cc1F. The van der Waals surface area contributed by atoms with Crippen molar-refractivity contribution in [3.05, 3.63) is 55.7 Å². The molecule has 2 rings (SSSR count). The van der Waals surface area contributed by atoms with Crippen LogP contribution in [0, 0.1) is 5.82 Å². The number of carbonyl (C=O) groups excluding carboxylic acids is 1. The summed E-state index contributed by atoms with van der Waals surface area (Å²) in [6, 6.07) is 7.41. The third kappa shape index (κ3) is 3.31. The number of hydrogen-bond donors (Lipinski definition) is 2. The Morgan fingerprint density at radius 1 is 1.20 bits per heavy atom. The predicted octanol–water partition coefficient (Wildman–Crippen LogP) is 4.84. The van der Waals surface area contributed by atoms with E-state index in [-0.39, 0.29) is 11.3 Å². The van der Waals surface area contributed by atoms with E-state index in [0.29, 0.717) is 19.7 Å². The van der Waals surface area contributed by atoms with Gasteiger partial charge in [-0.3, -0.25) is 4.79 Å². The molecule has 2 aromatic rings. The van der Waals surface area contributed by atoms with Crippen LogP contribution in [0.5, 0.6) is 0 Å². The lowest BCUT2D eigenvalue weighted by Crippen LogP contribution is -2.13. The quantitative estimate of drug-likeness (QED) is 0.681. The van der Waals surface area contributed by atoms with E-state index >= 15 is 0 Å². The third-order valence-electron chi connectivity index (χ3n) is 2.51. The van der Waals surface area contributed by atoms with E-state index in [4.69, 9.17) is 17.3 Å². The Morgan fingerprint density at radius 2 is 1.90 bits per heavy atom. The van der Waals surface area contributed by atoms with E-state index in [1.165, 1.54) is 6.07 Å². The Balaban J connectivity index is 2.28. The number of benzene rings is 2. The molecule has 7 heteroatoms. The molecule has 3 N–H and O–H groups in total. The van der Waals surface area contributed by atoms with Crippen LogP contribution in [0.25, 0.3) is 0 Å². The number of amides is 1. The van der Waals surface area contributed by atoms with E-state index in [2.05, 4.69) is 37.2 Å². The van der Waals surface area contributed by atoms with Crippen LogP contribution in [0.4, 0.5) is 15.8 Å². The van der Waals surface area contributed by atoms with Crippen molar-refractivity contribution >= 4 is 60.7 Å². The van der Waals surface area contributed by atoms with Gasteiger partial charge in [-0.2, -0.15) is 0 Å². The summed E-state index contributed by atoms with van der Waals surface area (Å²) < 4.78 is 14.2. The molecular formula is C13H8Br2ClFN2O. The van der Waals surface area contributed by atoms with E-state index in [1.807, 2.05) is 0 Å². The second-order valence-corrected chi connectivity index (χ2v) is 6.05. The molecule has 0 radical (unpaired) electrons. The van der Waals surface area contributed by atoms with Gasteiger partial charge in [0.15, 0.2) is 0 Å². The highest BCUT2D eigenvalue weighted by Gasteiger charge is 2.14. The maximum absolute atomic E-state index is 13.2. The molecule has 0 saturated carbocycles. The lowest BCUT2D eigenvalue weighted by molar-refractivity contribution is 0.102. The van der Waals surface area contributed by atoms with Crippen LogP contribution in [0.2, 0.25) is 5.02 Å². The number of nitrogens with one attached hydrogen (secondary N) is 1. The van der Waals surface area contributed by atoms with Crippen molar-refractivity contribution < 1.29 is 9.18 Å². The van der Waals surface area contributed by atoms with E-state index < -0.39 is 11.7 Å². The molecule has 0 aliphatic rings. The Bertz CT molecular complexity index is 694. The van der Waals surface area contributed by atoms with Crippen molar-refractivity contribution in [1.82, 2.24) is 0 Å². The highest BCUT2D eigenvalue weighted by molar-refractivity contribution is 9.10. The summed E-state index contributed by atoms with van der Waals surface area (Å²) in [7, 11) is 0. The molecule has 20 heavy (non-hydrogen) atoms. The number of nitrogens with two attached hydrogens (primary N) is 1. The van der Waals surface area contributed by atoms with Crippen LogP contribution < -0.4 is 11.1 Å². The van der Waals surface area contributed by atoms with Gasteiger partial charge in [-0.05, 0) is 62.2 Å². The first-order valence-electron chi connectivity index (χ1n) is 5.39. The molecule has 0 aliphatic carbocycles. The molecule has 104 valence electrons. The average Bonchev–Trinajstić information content (AvgIpc) is 2.38. The van der Waals surface area contributed by atoms with E-state index in [1.54, 1.807) is 18.2 Å². The van der Waals surface area contributed by atoms with Crippen LogP contribution in [0.15, 0.2) is 39.3 Å². The fourth-order valence-electron chi connectivity index (χ4n) is 1.51. The molecule has 0 unspecified atom stereocenters. The number of carbonyl (C=O) groups is 1. The van der Waals surface area contributed by atoms with Crippen molar-refractivity contribution in [2.75, 3.05) is 11.1 Å². The van der Waals surface area contributed by atoms with Gasteiger partial charge < -0.3 is 11.1 Å². The van der Waals surface area contributed by atoms with Gasteiger partial charge in [0.1, 0.15) is 5.82 Å². The van der Waals surface area contributed by atoms with Crippen molar-refractivity contribution in [3.8, 4) is 0 Å². The van der Waals surface area contributed by atoms with Gasteiger partial charge >= 0.3 is 0 Å². The Morgan fingerprint density at radius 3 is 2.55 bits per heavy atom. The van der Waals surface area contributed by atoms with Gasteiger partial charge in [-0.1, -0.05) is 11.6 Å². The monoisotopic (exact) mass is 420 g/mol. The fraction of sp³-hybridized carbons (Fsp3) is 0. The van der Waals surface area contributed by atoms with Crippen LogP contribution in [-0.4, -0.2) is 5.91 Å². The molecular weight excluding hydrogens is 414 g/mol. The first-order chi connectivity index (χ1) is 9.38. The Labute approximate surface area is 136 Å². The van der Waals surface area contributed by atoms with E-state index in [9.17, 15) is 9.18 Å². The van der Waals surface area contributed by atoms with Crippen molar-refractivity contribution in [2.45, 2.75) is 0 Å². The summed E-state index contributed by atoms with van der Waals surface area (Å²) >= 11 is 12.3. The summed E-state index contributed by atoms with van der Waals surface area (Å²) in [6.07, 6.45) is 0. The summed E-state index contributed by atoms with van der Waals surface area (Å²) in [5.74, 6) is -0.986. The molecule has 0 saturated heterocycles. The minimum atomic E-state index is -0.581. The molecule has 3 nitrogen and oxygen atoms in total. The molecule has 0 aromatic heterocycles. The lowest BCUT2D eigenvalue weighted by Gasteiger charge is -2.09. The second-order valence-electron chi connectivity index (χ2n) is 3.94. The number of nitrogen functional groups attached to an aromatic ring is 1. The van der Waals surface area contributed by atoms with Crippen LogP contribution in [0.3, 0.4) is 0 Å². The molecule has 0 bridgehead atoms. The number of rotatable bonds is 2. The summed E-state index contributed by atoms with van der Waals surface area (Å²) in [5, 5.41) is 3.22. The van der Waals surface area contributed by atoms with Crippen LogP contribution >= 0.6 is 43.5 Å². The zero-order valence-electron chi connectivity index (χ0n) is 9.88. The van der Waals surface area contributed by atoms with Gasteiger partial charge in [-0.25, -0.2) is 4.39 Å². The standard InChI is InChI=1S/C13H8Br2ClFN2O/c14-8-5-11(17)12(18)4-7(8)13(20)19-6-1-2-10(16)9(15)3-6/h1-5H,18H2,(H,19,20). The molecule has 2 aromatic carbocycles. The maximum atomic E-state index is 13.2. The van der Waals surface area contributed by atoms with Gasteiger partial charge in [0, 0.05) is 14.6 Å². The Hall–Kier alpha value is -1.11. The molecule has 0 atom stereocenters. The molecule has 0 fully saturated rings. The van der Waals surface area contributed by atoms with Crippen molar-refractivity contribution in [3.63, 3.8) is 0 Å². The Kier molecular flexibility index (Phi) is 4.67. The van der Waals surface area contributed by atoms with Crippen LogP contribution in [-0.2, 0) is 0 Å². The zero-order chi connectivity index (χ0) is 14.9. The summed E-state index contributed by atoms with van der Waals surface area (Å²) in [4.78, 5) is 12.1. The van der Waals surface area contributed by atoms with Gasteiger partial charge in [0.25, 0.3) is 5.91 Å². The van der Waals surface area contributed by atoms with Crippen LogP contribution in [0.1, 0.15) is 10.4 Å². The van der Waals surface area contributed by atoms with Gasteiger partial charge in [0.05, 0.1) is 16.3 Å². The van der Waals surface area contributed by atoms with Crippen molar-refractivity contribution in [1.29, 1.82) is 0 Å². The van der Waals surface area contributed by atoms with E-state index in [0.717, 1.165) is 6.07 Å². The smallest absolute Gasteiger partial charge is 0.256 e. The third-order valence-corrected chi connectivity index (χ3v) is 4.38. The second kappa shape index (κ2) is 6.11. The molecule has 0 heterocycles. The number of hydrogen-bond acceptors (Lipinski definition) is 2. The number of halogens is 4. The zero-order valence-corrected chi connectivity index (χ0v) is 13.8. The average molecular weight is 422 g/mol. The van der Waals surface area contributed by atoms with Gasteiger partial charge in [0.2, 0.25) is 0 Å². The molecule has 0 aliphatic heterocycles. The normalized spacial score (nSPS) is 10.4. The highest BCUT2D eigenvalue weighted by atomic mass is 79.9. The molecule has 1 amide bonds. The maximum Gasteiger partial charge on any atom is 0.256 e. The first-order valence-corrected chi connectivity index (χ1v) is 7.36. The highest BCUT2D eigenvalue weighted by Crippen LogP contribution is 2.27. The van der Waals surface area contributed by atoms with Crippen molar-refractivity contribution in [2.24, 2.45) is 0 Å². The summed E-state index contributed by atoms with van der Waals surface area (Å²) in [5.41, 5.74) is 6.18. The first kappa shape index (κ1) is 15.3. The van der Waals surface area contributed by atoms with Gasteiger partial charge in [-0.15, -0.1) is 0 Å². The minimum Gasteiger partial charge on any atom is -0.396 e. The lowest BCUT2D eigenvalue weighted by atomic mass is 10.1. The molecule has 0 spiro atoms. The summed E-state index contributed by atoms with van der Waals surface area (Å²) in [6.45, 7) is 0. The number of anilines is 2.